The van der Waals surface area contributed by atoms with Crippen LogP contribution in [0.5, 0.6) is 0 Å². The van der Waals surface area contributed by atoms with Crippen molar-refractivity contribution in [2.75, 3.05) is 6.61 Å². The molecule has 2 rings (SSSR count). The molecular weight excluding hydrogens is 222 g/mol. The number of aliphatic carboxylic acids is 1. The molecule has 0 bridgehead atoms. The van der Waals surface area contributed by atoms with Crippen molar-refractivity contribution in [3.05, 3.63) is 11.6 Å². The van der Waals surface area contributed by atoms with Crippen LogP contribution in [0.1, 0.15) is 43.4 Å². The van der Waals surface area contributed by atoms with Crippen molar-refractivity contribution in [3.8, 4) is 0 Å². The average molecular weight is 239 g/mol. The van der Waals surface area contributed by atoms with E-state index in [4.69, 9.17) is 9.84 Å². The molecule has 0 aromatic carbocycles. The Hall–Kier alpha value is -1.43. The number of aromatic nitrogens is 3. The van der Waals surface area contributed by atoms with Gasteiger partial charge >= 0.3 is 5.97 Å². The van der Waals surface area contributed by atoms with Gasteiger partial charge in [0.15, 0.2) is 5.82 Å². The van der Waals surface area contributed by atoms with Gasteiger partial charge in [0.05, 0.1) is 0 Å². The van der Waals surface area contributed by atoms with E-state index in [9.17, 15) is 4.79 Å². The monoisotopic (exact) mass is 239 g/mol. The van der Waals surface area contributed by atoms with E-state index in [-0.39, 0.29) is 13.2 Å². The molecule has 1 saturated carbocycles. The van der Waals surface area contributed by atoms with Gasteiger partial charge in [-0.15, -0.1) is 10.2 Å². The summed E-state index contributed by atoms with van der Waals surface area (Å²) < 4.78 is 7.16. The fourth-order valence-electron chi connectivity index (χ4n) is 2.38. The first-order chi connectivity index (χ1) is 8.18. The maximum atomic E-state index is 10.4. The first-order valence-electron chi connectivity index (χ1n) is 5.88. The molecule has 1 aromatic rings. The van der Waals surface area contributed by atoms with Crippen LogP contribution < -0.4 is 0 Å². The molecule has 0 saturated heterocycles. The van der Waals surface area contributed by atoms with Crippen molar-refractivity contribution in [2.45, 2.75) is 45.3 Å². The zero-order valence-corrected chi connectivity index (χ0v) is 9.93. The van der Waals surface area contributed by atoms with Crippen molar-refractivity contribution in [1.82, 2.24) is 14.8 Å². The van der Waals surface area contributed by atoms with Gasteiger partial charge in [-0.3, -0.25) is 0 Å². The Bertz CT molecular complexity index is 397. The largest absolute Gasteiger partial charge is 0.480 e. The number of hydrogen-bond acceptors (Lipinski definition) is 4. The van der Waals surface area contributed by atoms with E-state index in [1.807, 2.05) is 6.92 Å². The summed E-state index contributed by atoms with van der Waals surface area (Å²) in [5.41, 5.74) is 0. The Morgan fingerprint density at radius 1 is 1.47 bits per heavy atom. The van der Waals surface area contributed by atoms with Gasteiger partial charge in [0.1, 0.15) is 19.0 Å². The Morgan fingerprint density at radius 3 is 2.82 bits per heavy atom. The van der Waals surface area contributed by atoms with Gasteiger partial charge < -0.3 is 14.4 Å². The standard InChI is InChI=1S/C11H17N3O3/c1-8-12-13-10(6-17-7-11(15)16)14(8)9-4-2-3-5-9/h9H,2-7H2,1H3,(H,15,16). The molecule has 1 aliphatic carbocycles. The van der Waals surface area contributed by atoms with Crippen LogP contribution in [0.3, 0.4) is 0 Å². The van der Waals surface area contributed by atoms with Crippen LogP contribution in [0.2, 0.25) is 0 Å². The number of nitrogens with zero attached hydrogens (tertiary/aromatic N) is 3. The second-order valence-corrected chi connectivity index (χ2v) is 4.36. The Morgan fingerprint density at radius 2 is 2.18 bits per heavy atom. The number of carboxylic acid groups (broad SMARTS) is 1. The van der Waals surface area contributed by atoms with E-state index in [1.54, 1.807) is 0 Å². The number of carbonyl (C=O) groups is 1. The lowest BCUT2D eigenvalue weighted by molar-refractivity contribution is -0.142. The number of hydrogen-bond donors (Lipinski definition) is 1. The molecule has 1 N–H and O–H groups in total. The van der Waals surface area contributed by atoms with Crippen LogP contribution in [0.15, 0.2) is 0 Å². The molecule has 0 unspecified atom stereocenters. The molecule has 94 valence electrons. The minimum atomic E-state index is -0.964. The summed E-state index contributed by atoms with van der Waals surface area (Å²) in [5, 5.41) is 16.6. The molecular formula is C11H17N3O3. The smallest absolute Gasteiger partial charge is 0.329 e. The van der Waals surface area contributed by atoms with Crippen molar-refractivity contribution in [2.24, 2.45) is 0 Å². The first kappa shape index (κ1) is 12.0. The van der Waals surface area contributed by atoms with E-state index in [1.165, 1.54) is 12.8 Å². The first-order valence-corrected chi connectivity index (χ1v) is 5.88. The zero-order valence-electron chi connectivity index (χ0n) is 9.93. The van der Waals surface area contributed by atoms with Crippen LogP contribution >= 0.6 is 0 Å². The highest BCUT2D eigenvalue weighted by molar-refractivity contribution is 5.67. The lowest BCUT2D eigenvalue weighted by Gasteiger charge is -2.15. The van der Waals surface area contributed by atoms with Gasteiger partial charge in [0, 0.05) is 6.04 Å². The van der Waals surface area contributed by atoms with E-state index in [0.29, 0.717) is 6.04 Å². The molecule has 0 aliphatic heterocycles. The van der Waals surface area contributed by atoms with Gasteiger partial charge in [0.25, 0.3) is 0 Å². The summed E-state index contributed by atoms with van der Waals surface area (Å²) in [6.07, 6.45) is 4.76. The lowest BCUT2D eigenvalue weighted by Crippen LogP contribution is -2.14. The molecule has 1 heterocycles. The van der Waals surface area contributed by atoms with Crippen molar-refractivity contribution >= 4 is 5.97 Å². The van der Waals surface area contributed by atoms with E-state index < -0.39 is 5.97 Å². The van der Waals surface area contributed by atoms with Gasteiger partial charge in [0.2, 0.25) is 0 Å². The van der Waals surface area contributed by atoms with Crippen LogP contribution in [-0.4, -0.2) is 32.4 Å². The topological polar surface area (TPSA) is 77.2 Å². The fraction of sp³-hybridized carbons (Fsp3) is 0.727. The molecule has 1 aromatic heterocycles. The predicted molar refractivity (Wildman–Crippen MR) is 59.6 cm³/mol. The Kier molecular flexibility index (Phi) is 3.73. The Balaban J connectivity index is 2.03. The molecule has 0 radical (unpaired) electrons. The third-order valence-electron chi connectivity index (χ3n) is 3.08. The summed E-state index contributed by atoms with van der Waals surface area (Å²) in [6, 6.07) is 0.452. The molecule has 6 nitrogen and oxygen atoms in total. The number of rotatable bonds is 5. The Labute approximate surface area is 99.6 Å². The minimum Gasteiger partial charge on any atom is -0.480 e. The highest BCUT2D eigenvalue weighted by atomic mass is 16.5. The van der Waals surface area contributed by atoms with Gasteiger partial charge in [-0.25, -0.2) is 4.79 Å². The average Bonchev–Trinajstić information content (AvgIpc) is 2.87. The SMILES string of the molecule is Cc1nnc(COCC(=O)O)n1C1CCCC1. The van der Waals surface area contributed by atoms with Gasteiger partial charge in [-0.05, 0) is 19.8 Å². The maximum Gasteiger partial charge on any atom is 0.329 e. The second kappa shape index (κ2) is 5.27. The van der Waals surface area contributed by atoms with Crippen LogP contribution in [0.4, 0.5) is 0 Å². The third-order valence-corrected chi connectivity index (χ3v) is 3.08. The number of ether oxygens (including phenoxy) is 1. The van der Waals surface area contributed by atoms with Crippen molar-refractivity contribution in [3.63, 3.8) is 0 Å². The van der Waals surface area contributed by atoms with Crippen LogP contribution in [0.25, 0.3) is 0 Å². The summed E-state index contributed by atoms with van der Waals surface area (Å²) in [5.74, 6) is 0.648. The fourth-order valence-corrected chi connectivity index (χ4v) is 2.38. The molecule has 1 aliphatic rings. The minimum absolute atomic E-state index is 0.212. The quantitative estimate of drug-likeness (QED) is 0.838. The highest BCUT2D eigenvalue weighted by Crippen LogP contribution is 2.31. The zero-order chi connectivity index (χ0) is 12.3. The third kappa shape index (κ3) is 2.82. The number of carboxylic acids is 1. The van der Waals surface area contributed by atoms with Gasteiger partial charge in [-0.2, -0.15) is 0 Å². The summed E-state index contributed by atoms with van der Waals surface area (Å²) in [4.78, 5) is 10.4. The highest BCUT2D eigenvalue weighted by Gasteiger charge is 2.22. The summed E-state index contributed by atoms with van der Waals surface area (Å²) in [6.45, 7) is 1.84. The molecule has 17 heavy (non-hydrogen) atoms. The summed E-state index contributed by atoms with van der Waals surface area (Å²) in [7, 11) is 0. The molecule has 0 amide bonds. The number of aryl methyl sites for hydroxylation is 1. The van der Waals surface area contributed by atoms with E-state index in [2.05, 4.69) is 14.8 Å². The normalized spacial score (nSPS) is 16.5. The van der Waals surface area contributed by atoms with Crippen LogP contribution in [0, 0.1) is 6.92 Å². The lowest BCUT2D eigenvalue weighted by atomic mass is 10.2. The molecule has 0 atom stereocenters. The molecule has 6 heteroatoms. The van der Waals surface area contributed by atoms with Crippen LogP contribution in [-0.2, 0) is 16.1 Å². The van der Waals surface area contributed by atoms with Crippen molar-refractivity contribution in [1.29, 1.82) is 0 Å². The van der Waals surface area contributed by atoms with Gasteiger partial charge in [-0.1, -0.05) is 12.8 Å². The maximum absolute atomic E-state index is 10.4. The van der Waals surface area contributed by atoms with E-state index >= 15 is 0 Å². The molecule has 1 fully saturated rings. The molecule has 0 spiro atoms. The second-order valence-electron chi connectivity index (χ2n) is 4.36. The van der Waals surface area contributed by atoms with Crippen molar-refractivity contribution < 1.29 is 14.6 Å². The predicted octanol–water partition coefficient (Wildman–Crippen LogP) is 1.30. The summed E-state index contributed by atoms with van der Waals surface area (Å²) >= 11 is 0. The van der Waals surface area contributed by atoms with E-state index in [0.717, 1.165) is 24.5 Å².